The molecule has 10 nitrogen and oxygen atoms in total. The van der Waals surface area contributed by atoms with E-state index in [0.717, 1.165) is 38.5 Å². The monoisotopic (exact) mass is 694 g/mol. The number of hydrogen-bond acceptors (Lipinski definition) is 7. The number of rotatable bonds is 10. The van der Waals surface area contributed by atoms with E-state index in [2.05, 4.69) is 21.9 Å². The first-order chi connectivity index (χ1) is 24.7. The second-order valence-electron chi connectivity index (χ2n) is 11.5. The molecule has 5 aromatic carbocycles. The molecule has 1 aliphatic heterocycles. The standard InChI is InChI=1S/C40H30N4O6S/c1-27-36(38(42-41-27)30-8-4-2-5-9-30)24-28-12-18-33(19-13-28)49-26-50-34-20-14-29(15-21-34)25-37-39(31-10-6-3-7-11-31)43-44(40(37)45)32-16-22-35(23-17-32)51(46,47)48/h2-25,41H,1,26H2,(H,46,47,48)/b36-24-,37-25+. The highest BCUT2D eigenvalue weighted by atomic mass is 32.2. The predicted molar refractivity (Wildman–Crippen MR) is 196 cm³/mol. The van der Waals surface area contributed by atoms with Crippen LogP contribution in [-0.4, -0.2) is 41.6 Å². The maximum absolute atomic E-state index is 13.6. The van der Waals surface area contributed by atoms with Crippen molar-refractivity contribution in [2.45, 2.75) is 4.90 Å². The number of hydrogen-bond donors (Lipinski definition) is 2. The van der Waals surface area contributed by atoms with Crippen molar-refractivity contribution in [2.75, 3.05) is 11.8 Å². The average molecular weight is 695 g/mol. The summed E-state index contributed by atoms with van der Waals surface area (Å²) in [6.07, 6.45) is 3.77. The van der Waals surface area contributed by atoms with Crippen LogP contribution in [-0.2, 0) is 14.9 Å². The molecule has 2 N–H and O–H groups in total. The van der Waals surface area contributed by atoms with Crippen LogP contribution < -0.4 is 25.1 Å². The van der Waals surface area contributed by atoms with Crippen LogP contribution in [0.15, 0.2) is 149 Å². The second-order valence-corrected chi connectivity index (χ2v) is 12.9. The first-order valence-corrected chi connectivity index (χ1v) is 17.2. The van der Waals surface area contributed by atoms with E-state index in [-0.39, 0.29) is 17.6 Å². The van der Waals surface area contributed by atoms with Crippen LogP contribution in [0.4, 0.5) is 5.69 Å². The van der Waals surface area contributed by atoms with Crippen LogP contribution in [0, 0.1) is 0 Å². The summed E-state index contributed by atoms with van der Waals surface area (Å²) in [5.41, 5.74) is 5.46. The van der Waals surface area contributed by atoms with Gasteiger partial charge >= 0.3 is 0 Å². The molecule has 0 spiro atoms. The number of nitrogens with one attached hydrogen (secondary N) is 1. The molecule has 7 rings (SSSR count). The molecule has 51 heavy (non-hydrogen) atoms. The number of benzene rings is 5. The fourth-order valence-electron chi connectivity index (χ4n) is 5.47. The fraction of sp³-hybridized carbons (Fsp3) is 0.0250. The van der Waals surface area contributed by atoms with Gasteiger partial charge in [0, 0.05) is 16.3 Å². The number of carbonyl (C=O) groups is 1. The molecule has 0 bridgehead atoms. The Morgan fingerprint density at radius 1 is 0.725 bits per heavy atom. The van der Waals surface area contributed by atoms with E-state index in [1.165, 1.54) is 29.3 Å². The van der Waals surface area contributed by atoms with E-state index in [1.54, 1.807) is 18.2 Å². The Balaban J connectivity index is 1.02. The van der Waals surface area contributed by atoms with Gasteiger partial charge in [0.05, 0.1) is 27.2 Å². The van der Waals surface area contributed by atoms with Crippen LogP contribution in [0.5, 0.6) is 11.5 Å². The summed E-state index contributed by atoms with van der Waals surface area (Å²) >= 11 is 0. The Kier molecular flexibility index (Phi) is 9.13. The van der Waals surface area contributed by atoms with Crippen molar-refractivity contribution < 1.29 is 27.2 Å². The zero-order valence-corrected chi connectivity index (χ0v) is 27.8. The fourth-order valence-corrected chi connectivity index (χ4v) is 5.95. The van der Waals surface area contributed by atoms with E-state index in [4.69, 9.17) is 9.47 Å². The lowest BCUT2D eigenvalue weighted by Crippen LogP contribution is -2.22. The molecule has 6 aromatic rings. The van der Waals surface area contributed by atoms with Gasteiger partial charge in [0.2, 0.25) is 6.79 Å². The Morgan fingerprint density at radius 3 is 1.84 bits per heavy atom. The number of aromatic nitrogens is 2. The number of H-pyrrole nitrogens is 1. The molecule has 1 amide bonds. The van der Waals surface area contributed by atoms with Gasteiger partial charge in [-0.1, -0.05) is 91.5 Å². The highest BCUT2D eigenvalue weighted by Crippen LogP contribution is 2.29. The van der Waals surface area contributed by atoms with Crippen LogP contribution in [0.1, 0.15) is 16.7 Å². The van der Waals surface area contributed by atoms with Crippen molar-refractivity contribution in [1.82, 2.24) is 10.2 Å². The minimum Gasteiger partial charge on any atom is -0.458 e. The van der Waals surface area contributed by atoms with Crippen molar-refractivity contribution in [3.05, 3.63) is 166 Å². The van der Waals surface area contributed by atoms with Crippen molar-refractivity contribution in [2.24, 2.45) is 5.10 Å². The topological polar surface area (TPSA) is 134 Å². The lowest BCUT2D eigenvalue weighted by Gasteiger charge is -2.12. The quantitative estimate of drug-likeness (QED) is 0.105. The van der Waals surface area contributed by atoms with Crippen molar-refractivity contribution in [3.8, 4) is 22.8 Å². The summed E-state index contributed by atoms with van der Waals surface area (Å²) in [4.78, 5) is 13.4. The molecule has 0 saturated heterocycles. The van der Waals surface area contributed by atoms with Gasteiger partial charge in [-0.3, -0.25) is 14.4 Å². The summed E-state index contributed by atoms with van der Waals surface area (Å²) < 4.78 is 44.0. The molecule has 0 unspecified atom stereocenters. The Hall–Kier alpha value is -6.56. The van der Waals surface area contributed by atoms with E-state index >= 15 is 0 Å². The Morgan fingerprint density at radius 2 is 1.27 bits per heavy atom. The summed E-state index contributed by atoms with van der Waals surface area (Å²) in [5.74, 6) is 0.830. The van der Waals surface area contributed by atoms with Gasteiger partial charge in [-0.25, -0.2) is 0 Å². The van der Waals surface area contributed by atoms with Gasteiger partial charge in [-0.2, -0.15) is 23.6 Å². The third kappa shape index (κ3) is 7.39. The van der Waals surface area contributed by atoms with Crippen LogP contribution in [0.25, 0.3) is 30.0 Å². The Labute approximate surface area is 293 Å². The van der Waals surface area contributed by atoms with E-state index in [1.807, 2.05) is 103 Å². The molecule has 1 aromatic heterocycles. The molecule has 0 atom stereocenters. The molecule has 0 fully saturated rings. The molecule has 252 valence electrons. The second kappa shape index (κ2) is 14.1. The molecule has 11 heteroatoms. The smallest absolute Gasteiger partial charge is 0.294 e. The summed E-state index contributed by atoms with van der Waals surface area (Å²) in [6, 6.07) is 39.3. The van der Waals surface area contributed by atoms with Crippen molar-refractivity contribution in [3.63, 3.8) is 0 Å². The lowest BCUT2D eigenvalue weighted by molar-refractivity contribution is -0.114. The zero-order valence-electron chi connectivity index (χ0n) is 27.0. The molecule has 0 radical (unpaired) electrons. The maximum atomic E-state index is 13.6. The summed E-state index contributed by atoms with van der Waals surface area (Å²) in [7, 11) is -4.38. The number of anilines is 1. The van der Waals surface area contributed by atoms with E-state index in [9.17, 15) is 17.8 Å². The van der Waals surface area contributed by atoms with E-state index < -0.39 is 10.1 Å². The lowest BCUT2D eigenvalue weighted by atomic mass is 10.0. The molecular formula is C40H30N4O6S. The molecule has 2 heterocycles. The number of ether oxygens (including phenoxy) is 2. The van der Waals surface area contributed by atoms with Crippen LogP contribution >= 0.6 is 0 Å². The van der Waals surface area contributed by atoms with Gasteiger partial charge < -0.3 is 9.47 Å². The third-order valence-corrected chi connectivity index (χ3v) is 8.94. The molecule has 1 aliphatic rings. The minimum absolute atomic E-state index is 0.0129. The number of hydrazone groups is 1. The van der Waals surface area contributed by atoms with Gasteiger partial charge in [-0.15, -0.1) is 0 Å². The average Bonchev–Trinajstić information content (AvgIpc) is 3.68. The summed E-state index contributed by atoms with van der Waals surface area (Å²) in [6.45, 7) is 4.07. The number of amides is 1. The Bertz CT molecular complexity index is 2480. The van der Waals surface area contributed by atoms with Gasteiger partial charge in [0.15, 0.2) is 0 Å². The van der Waals surface area contributed by atoms with E-state index in [0.29, 0.717) is 28.5 Å². The van der Waals surface area contributed by atoms with Gasteiger partial charge in [-0.05, 0) is 71.8 Å². The molecule has 0 saturated carbocycles. The number of nitrogens with zero attached hydrogens (tertiary/aromatic N) is 3. The number of carbonyl (C=O) groups excluding carboxylic acids is 1. The van der Waals surface area contributed by atoms with Crippen molar-refractivity contribution in [1.29, 1.82) is 0 Å². The third-order valence-electron chi connectivity index (χ3n) is 8.07. The molecule has 0 aliphatic carbocycles. The normalized spacial score (nSPS) is 14.2. The van der Waals surface area contributed by atoms with Gasteiger partial charge in [0.25, 0.3) is 16.0 Å². The maximum Gasteiger partial charge on any atom is 0.294 e. The predicted octanol–water partition coefficient (Wildman–Crippen LogP) is 5.81. The minimum atomic E-state index is -4.38. The first kappa shape index (κ1) is 33.0. The summed E-state index contributed by atoms with van der Waals surface area (Å²) in [5, 5.41) is 14.9. The van der Waals surface area contributed by atoms with Crippen LogP contribution in [0.3, 0.4) is 0 Å². The zero-order chi connectivity index (χ0) is 35.4. The highest BCUT2D eigenvalue weighted by molar-refractivity contribution is 7.85. The molecular weight excluding hydrogens is 665 g/mol. The number of aromatic amines is 1. The SMILES string of the molecule is C=c1[nH]nc(-c2ccccc2)/c1=C\c1ccc(OCOc2ccc(/C=C3/C(=O)N(c4ccc(S(=O)(=O)O)cc4)N=C3c3ccccc3)cc2)cc1. The highest BCUT2D eigenvalue weighted by Gasteiger charge is 2.32. The van der Waals surface area contributed by atoms with Crippen LogP contribution in [0.2, 0.25) is 0 Å². The van der Waals surface area contributed by atoms with Crippen molar-refractivity contribution >= 4 is 46.2 Å². The first-order valence-electron chi connectivity index (χ1n) is 15.8. The van der Waals surface area contributed by atoms with Gasteiger partial charge in [0.1, 0.15) is 17.2 Å². The largest absolute Gasteiger partial charge is 0.458 e.